The summed E-state index contributed by atoms with van der Waals surface area (Å²) in [5, 5.41) is 22.4. The molecule has 11 heteroatoms. The first-order valence-corrected chi connectivity index (χ1v) is 14.3. The van der Waals surface area contributed by atoms with E-state index in [0.29, 0.717) is 27.4 Å². The Morgan fingerprint density at radius 2 is 1.80 bits per heavy atom. The number of amides is 1. The van der Waals surface area contributed by atoms with E-state index in [1.807, 2.05) is 18.2 Å². The molecule has 0 radical (unpaired) electrons. The van der Waals surface area contributed by atoms with E-state index in [0.717, 1.165) is 16.3 Å². The predicted octanol–water partition coefficient (Wildman–Crippen LogP) is 6.22. The highest BCUT2D eigenvalue weighted by Gasteiger charge is 2.49. The van der Waals surface area contributed by atoms with Crippen LogP contribution in [0.1, 0.15) is 22.9 Å². The van der Waals surface area contributed by atoms with Gasteiger partial charge in [-0.25, -0.2) is 0 Å². The highest BCUT2D eigenvalue weighted by Crippen LogP contribution is 2.45. The third-order valence-corrected chi connectivity index (χ3v) is 8.85. The molecule has 3 aromatic carbocycles. The molecule has 1 atom stereocenters. The van der Waals surface area contributed by atoms with E-state index < -0.39 is 17.7 Å². The molecule has 2 aromatic heterocycles. The van der Waals surface area contributed by atoms with E-state index in [1.165, 1.54) is 54.5 Å². The smallest absolute Gasteiger partial charge is 0.302 e. The topological polar surface area (TPSA) is 115 Å². The van der Waals surface area contributed by atoms with Gasteiger partial charge in [0.05, 0.1) is 26.1 Å². The maximum Gasteiger partial charge on any atom is 0.302 e. The number of carbonyl (C=O) groups excluding carboxylic acids is 2. The minimum absolute atomic E-state index is 0.127. The summed E-state index contributed by atoms with van der Waals surface area (Å²) in [6.45, 7) is 0. The number of ketones is 1. The maximum atomic E-state index is 13.4. The fourth-order valence-corrected chi connectivity index (χ4v) is 6.67. The van der Waals surface area contributed by atoms with Gasteiger partial charge in [0.15, 0.2) is 15.8 Å². The van der Waals surface area contributed by atoms with Crippen molar-refractivity contribution in [1.82, 2.24) is 10.2 Å². The fraction of sp³-hybridized carbons (Fsp3) is 0.133. The highest BCUT2D eigenvalue weighted by molar-refractivity contribution is 8.00. The Hall–Kier alpha value is -4.61. The molecular weight excluding hydrogens is 562 g/mol. The molecule has 0 saturated carbocycles. The largest absolute Gasteiger partial charge is 0.507 e. The first-order chi connectivity index (χ1) is 20.0. The number of furan rings is 1. The van der Waals surface area contributed by atoms with Crippen LogP contribution in [0.2, 0.25) is 0 Å². The number of methoxy groups -OCH3 is 2. The Bertz CT molecular complexity index is 1790. The van der Waals surface area contributed by atoms with E-state index in [2.05, 4.69) is 34.5 Å². The number of carbonyl (C=O) groups is 2. The number of Topliss-reactive ketones (excluding diaryl/α,β-unsaturated/α-hetero) is 1. The number of benzene rings is 3. The molecule has 206 valence electrons. The molecule has 0 spiro atoms. The van der Waals surface area contributed by atoms with Crippen molar-refractivity contribution in [2.24, 2.45) is 0 Å². The fourth-order valence-electron chi connectivity index (χ4n) is 4.80. The number of rotatable bonds is 8. The number of aliphatic hydroxyl groups is 1. The molecular formula is C30H23N3O6S2. The van der Waals surface area contributed by atoms with E-state index >= 15 is 0 Å². The van der Waals surface area contributed by atoms with Crippen molar-refractivity contribution in [2.75, 3.05) is 19.1 Å². The van der Waals surface area contributed by atoms with Gasteiger partial charge in [-0.05, 0) is 46.7 Å². The van der Waals surface area contributed by atoms with Crippen molar-refractivity contribution < 1.29 is 28.6 Å². The number of thioether (sulfide) groups is 1. The van der Waals surface area contributed by atoms with Crippen LogP contribution in [0.5, 0.6) is 11.5 Å². The summed E-state index contributed by atoms with van der Waals surface area (Å²) in [6.07, 6.45) is 1.44. The van der Waals surface area contributed by atoms with E-state index in [-0.39, 0.29) is 22.0 Å². The second-order valence-electron chi connectivity index (χ2n) is 9.03. The predicted molar refractivity (Wildman–Crippen MR) is 156 cm³/mol. The third-order valence-electron chi connectivity index (χ3n) is 6.75. The summed E-state index contributed by atoms with van der Waals surface area (Å²) in [7, 11) is 2.96. The van der Waals surface area contributed by atoms with Gasteiger partial charge < -0.3 is 19.0 Å². The van der Waals surface area contributed by atoms with Gasteiger partial charge in [0.25, 0.3) is 5.78 Å². The molecule has 0 aliphatic carbocycles. The van der Waals surface area contributed by atoms with Gasteiger partial charge in [0.1, 0.15) is 17.6 Å². The molecule has 1 fully saturated rings. The zero-order valence-electron chi connectivity index (χ0n) is 21.9. The molecule has 5 aromatic rings. The third kappa shape index (κ3) is 4.83. The molecule has 1 saturated heterocycles. The SMILES string of the molecule is COc1ccc(C(O)=C2C(=O)C(=O)N(c3nnc(SCc4cccc5ccccc45)s3)[C@@H]2c2ccco2)cc1OC. The lowest BCUT2D eigenvalue weighted by molar-refractivity contribution is -0.132. The first kappa shape index (κ1) is 26.6. The lowest BCUT2D eigenvalue weighted by atomic mass is 9.99. The van der Waals surface area contributed by atoms with Crippen LogP contribution < -0.4 is 14.4 Å². The Balaban J connectivity index is 1.35. The van der Waals surface area contributed by atoms with Crippen LogP contribution in [0.3, 0.4) is 0 Å². The number of ether oxygens (including phenoxy) is 2. The number of fused-ring (bicyclic) bond motifs is 1. The zero-order chi connectivity index (χ0) is 28.5. The van der Waals surface area contributed by atoms with Gasteiger partial charge in [0.2, 0.25) is 5.13 Å². The number of aliphatic hydroxyl groups excluding tert-OH is 1. The number of nitrogens with zero attached hydrogens (tertiary/aromatic N) is 3. The van der Waals surface area contributed by atoms with Gasteiger partial charge in [-0.15, -0.1) is 10.2 Å². The van der Waals surface area contributed by atoms with Crippen molar-refractivity contribution >= 4 is 56.5 Å². The van der Waals surface area contributed by atoms with Crippen molar-refractivity contribution in [1.29, 1.82) is 0 Å². The monoisotopic (exact) mass is 585 g/mol. The first-order valence-electron chi connectivity index (χ1n) is 12.5. The van der Waals surface area contributed by atoms with Gasteiger partial charge in [0, 0.05) is 11.3 Å². The van der Waals surface area contributed by atoms with Crippen molar-refractivity contribution in [2.45, 2.75) is 16.1 Å². The second-order valence-corrected chi connectivity index (χ2v) is 11.2. The summed E-state index contributed by atoms with van der Waals surface area (Å²) in [5.41, 5.74) is 1.30. The molecule has 1 aliphatic heterocycles. The molecule has 1 aliphatic rings. The Morgan fingerprint density at radius 1 is 1.00 bits per heavy atom. The van der Waals surface area contributed by atoms with Crippen LogP contribution in [0.15, 0.2) is 93.4 Å². The summed E-state index contributed by atoms with van der Waals surface area (Å²) in [6, 6.07) is 21.3. The minimum Gasteiger partial charge on any atom is -0.507 e. The molecule has 1 N–H and O–H groups in total. The Morgan fingerprint density at radius 3 is 2.59 bits per heavy atom. The Labute approximate surface area is 243 Å². The second kappa shape index (κ2) is 11.1. The molecule has 0 bridgehead atoms. The molecule has 41 heavy (non-hydrogen) atoms. The minimum atomic E-state index is -1.04. The molecule has 0 unspecified atom stereocenters. The molecule has 9 nitrogen and oxygen atoms in total. The normalized spacial score (nSPS) is 16.4. The molecule has 1 amide bonds. The Kier molecular flexibility index (Phi) is 7.21. The average Bonchev–Trinajstić information content (AvgIpc) is 3.76. The van der Waals surface area contributed by atoms with Crippen LogP contribution in [-0.4, -0.2) is 41.2 Å². The van der Waals surface area contributed by atoms with Gasteiger partial charge in [-0.2, -0.15) is 0 Å². The molecule has 3 heterocycles. The average molecular weight is 586 g/mol. The zero-order valence-corrected chi connectivity index (χ0v) is 23.6. The quantitative estimate of drug-likeness (QED) is 0.0745. The number of hydrogen-bond donors (Lipinski definition) is 1. The lowest BCUT2D eigenvalue weighted by Crippen LogP contribution is -2.29. The number of hydrogen-bond acceptors (Lipinski definition) is 10. The highest BCUT2D eigenvalue weighted by atomic mass is 32.2. The standard InChI is InChI=1S/C30H23N3O6S2/c1-37-21-13-12-18(15-23(21)38-2)26(34)24-25(22-11-6-14-39-22)33(28(36)27(24)35)29-31-32-30(41-29)40-16-19-9-5-8-17-7-3-4-10-20(17)19/h3-15,25,34H,16H2,1-2H3/t25-/m1/s1. The lowest BCUT2D eigenvalue weighted by Gasteiger charge is -2.20. The van der Waals surface area contributed by atoms with Crippen molar-refractivity contribution in [3.63, 3.8) is 0 Å². The maximum absolute atomic E-state index is 13.4. The van der Waals surface area contributed by atoms with Crippen LogP contribution >= 0.6 is 23.1 Å². The van der Waals surface area contributed by atoms with Crippen LogP contribution in [0.4, 0.5) is 5.13 Å². The van der Waals surface area contributed by atoms with Crippen LogP contribution in [0, 0.1) is 0 Å². The van der Waals surface area contributed by atoms with Gasteiger partial charge in [-0.1, -0.05) is 65.6 Å². The van der Waals surface area contributed by atoms with Gasteiger partial charge in [-0.3, -0.25) is 14.5 Å². The van der Waals surface area contributed by atoms with Crippen molar-refractivity contribution in [3.8, 4) is 11.5 Å². The summed E-state index contributed by atoms with van der Waals surface area (Å²) in [5.74, 6) is -0.314. The van der Waals surface area contributed by atoms with Gasteiger partial charge >= 0.3 is 5.91 Å². The van der Waals surface area contributed by atoms with Crippen LogP contribution in [-0.2, 0) is 15.3 Å². The number of aromatic nitrogens is 2. The number of anilines is 1. The van der Waals surface area contributed by atoms with Crippen molar-refractivity contribution in [3.05, 3.63) is 102 Å². The van der Waals surface area contributed by atoms with Crippen LogP contribution in [0.25, 0.3) is 16.5 Å². The molecule has 6 rings (SSSR count). The van der Waals surface area contributed by atoms with E-state index in [1.54, 1.807) is 24.3 Å². The summed E-state index contributed by atoms with van der Waals surface area (Å²) in [4.78, 5) is 28.0. The van der Waals surface area contributed by atoms with E-state index in [9.17, 15) is 14.7 Å². The summed E-state index contributed by atoms with van der Waals surface area (Å²) >= 11 is 2.69. The summed E-state index contributed by atoms with van der Waals surface area (Å²) < 4.78 is 16.9. The van der Waals surface area contributed by atoms with E-state index in [4.69, 9.17) is 13.9 Å².